The zero-order valence-corrected chi connectivity index (χ0v) is 21.7. The fraction of sp³-hybridized carbons (Fsp3) is 0.214. The van der Waals surface area contributed by atoms with Crippen LogP contribution in [-0.4, -0.2) is 65.6 Å². The summed E-state index contributed by atoms with van der Waals surface area (Å²) in [7, 11) is 10.9. The van der Waals surface area contributed by atoms with Gasteiger partial charge >= 0.3 is 0 Å². The smallest absolute Gasteiger partial charge is 0.132 e. The number of anilines is 2. The number of nitrogens with zero attached hydrogens (tertiary/aromatic N) is 4. The van der Waals surface area contributed by atoms with Gasteiger partial charge in [0.05, 0.1) is 0 Å². The molecular formula is C28H34N8. The number of hydrogen-bond donors (Lipinski definition) is 4. The molecule has 0 saturated heterocycles. The van der Waals surface area contributed by atoms with E-state index in [1.165, 1.54) is 0 Å². The summed E-state index contributed by atoms with van der Waals surface area (Å²) in [5.41, 5.74) is 5.34. The third-order valence-electron chi connectivity index (χ3n) is 6.08. The van der Waals surface area contributed by atoms with Crippen LogP contribution in [0.3, 0.4) is 0 Å². The van der Waals surface area contributed by atoms with E-state index in [2.05, 4.69) is 20.6 Å². The van der Waals surface area contributed by atoms with Crippen molar-refractivity contribution in [1.29, 1.82) is 10.8 Å². The van der Waals surface area contributed by atoms with E-state index >= 15 is 0 Å². The molecule has 0 aromatic heterocycles. The zero-order valence-electron chi connectivity index (χ0n) is 21.7. The molecule has 0 aliphatic rings. The Morgan fingerprint density at radius 3 is 1.08 bits per heavy atom. The first kappa shape index (κ1) is 26.2. The Balaban J connectivity index is 1.71. The summed E-state index contributed by atoms with van der Waals surface area (Å²) in [5, 5.41) is 23.5. The van der Waals surface area contributed by atoms with E-state index in [-0.39, 0.29) is 0 Å². The molecule has 3 rings (SSSR count). The Morgan fingerprint density at radius 1 is 0.556 bits per heavy atom. The molecular weight excluding hydrogens is 448 g/mol. The molecule has 0 atom stereocenters. The minimum absolute atomic E-state index is 0.376. The van der Waals surface area contributed by atoms with E-state index in [0.717, 1.165) is 45.3 Å². The van der Waals surface area contributed by atoms with Crippen molar-refractivity contribution in [1.82, 2.24) is 10.6 Å². The molecule has 0 saturated carbocycles. The van der Waals surface area contributed by atoms with E-state index in [1.54, 1.807) is 14.1 Å². The van der Waals surface area contributed by atoms with Gasteiger partial charge in [-0.3, -0.25) is 20.8 Å². The van der Waals surface area contributed by atoms with Crippen molar-refractivity contribution in [3.8, 4) is 0 Å². The summed E-state index contributed by atoms with van der Waals surface area (Å²) in [6, 6.07) is 23.4. The highest BCUT2D eigenvalue weighted by Gasteiger charge is 2.14. The summed E-state index contributed by atoms with van der Waals surface area (Å²) < 4.78 is 0. The molecule has 0 amide bonds. The number of amidine groups is 4. The summed E-state index contributed by atoms with van der Waals surface area (Å²) in [5.74, 6) is 2.38. The Bertz CT molecular complexity index is 1160. The van der Waals surface area contributed by atoms with Crippen molar-refractivity contribution in [2.24, 2.45) is 9.98 Å². The highest BCUT2D eigenvalue weighted by atomic mass is 15.1. The van der Waals surface area contributed by atoms with Crippen LogP contribution in [0.5, 0.6) is 0 Å². The maximum Gasteiger partial charge on any atom is 0.132 e. The van der Waals surface area contributed by atoms with Gasteiger partial charge in [-0.1, -0.05) is 24.3 Å². The fourth-order valence-electron chi connectivity index (χ4n) is 3.89. The van der Waals surface area contributed by atoms with E-state index in [0.29, 0.717) is 11.7 Å². The van der Waals surface area contributed by atoms with Crippen molar-refractivity contribution in [3.05, 3.63) is 95.1 Å². The zero-order chi connectivity index (χ0) is 26.2. The standard InChI is InChI=1S/C28H34N8/c1-31-27(32-2)21-11-15-23(16-12-21)35(5)25(29)19-7-9-20(10-8-19)26(30)36(6)24-17-13-22(14-18-24)28(33-3)34-4/h7-18,29-30H,1-6H3,(H,31,32)(H,33,34). The average molecular weight is 483 g/mol. The van der Waals surface area contributed by atoms with Crippen molar-refractivity contribution >= 4 is 34.7 Å². The van der Waals surface area contributed by atoms with Crippen LogP contribution in [-0.2, 0) is 0 Å². The van der Waals surface area contributed by atoms with Crippen LogP contribution in [0, 0.1) is 10.8 Å². The Hall–Kier alpha value is -4.46. The summed E-state index contributed by atoms with van der Waals surface area (Å²) in [6.45, 7) is 0. The molecule has 0 heterocycles. The van der Waals surface area contributed by atoms with Crippen LogP contribution < -0.4 is 20.4 Å². The van der Waals surface area contributed by atoms with E-state index in [4.69, 9.17) is 10.8 Å². The first-order valence-electron chi connectivity index (χ1n) is 11.6. The Kier molecular flexibility index (Phi) is 8.57. The molecule has 3 aromatic carbocycles. The number of benzene rings is 3. The lowest BCUT2D eigenvalue weighted by atomic mass is 10.1. The quantitative estimate of drug-likeness (QED) is 0.317. The van der Waals surface area contributed by atoms with Gasteiger partial charge in [-0.05, 0) is 48.5 Å². The van der Waals surface area contributed by atoms with Crippen LogP contribution in [0.2, 0.25) is 0 Å². The first-order chi connectivity index (χ1) is 17.3. The van der Waals surface area contributed by atoms with Crippen molar-refractivity contribution in [2.45, 2.75) is 0 Å². The average Bonchev–Trinajstić information content (AvgIpc) is 2.93. The molecule has 36 heavy (non-hydrogen) atoms. The monoisotopic (exact) mass is 482 g/mol. The first-order valence-corrected chi connectivity index (χ1v) is 11.6. The van der Waals surface area contributed by atoms with Gasteiger partial charge in [0.15, 0.2) is 0 Å². The minimum atomic E-state index is 0.376. The predicted octanol–water partition coefficient (Wildman–Crippen LogP) is 3.80. The minimum Gasteiger partial charge on any atom is -0.373 e. The second-order valence-corrected chi connectivity index (χ2v) is 8.13. The second kappa shape index (κ2) is 11.8. The normalized spacial score (nSPS) is 11.6. The van der Waals surface area contributed by atoms with Gasteiger partial charge in [0, 0.05) is 75.9 Å². The van der Waals surface area contributed by atoms with Gasteiger partial charge in [-0.15, -0.1) is 0 Å². The van der Waals surface area contributed by atoms with Crippen LogP contribution in [0.15, 0.2) is 82.8 Å². The van der Waals surface area contributed by atoms with Gasteiger partial charge in [0.25, 0.3) is 0 Å². The van der Waals surface area contributed by atoms with Gasteiger partial charge in [0.2, 0.25) is 0 Å². The van der Waals surface area contributed by atoms with E-state index in [1.807, 2.05) is 111 Å². The third-order valence-corrected chi connectivity index (χ3v) is 6.08. The van der Waals surface area contributed by atoms with Crippen LogP contribution in [0.4, 0.5) is 11.4 Å². The molecule has 0 aliphatic heterocycles. The second-order valence-electron chi connectivity index (χ2n) is 8.13. The molecule has 0 unspecified atom stereocenters. The molecule has 186 valence electrons. The van der Waals surface area contributed by atoms with Gasteiger partial charge in [-0.25, -0.2) is 0 Å². The SMILES string of the molecule is CN=C(NC)c1ccc(N(C)C(=N)c2ccc(C(=N)N(C)c3ccc(C(=NC)NC)cc3)cc2)cc1. The molecule has 3 aromatic rings. The van der Waals surface area contributed by atoms with E-state index < -0.39 is 0 Å². The van der Waals surface area contributed by atoms with Gasteiger partial charge in [0.1, 0.15) is 23.3 Å². The van der Waals surface area contributed by atoms with Crippen LogP contribution in [0.1, 0.15) is 22.3 Å². The van der Waals surface area contributed by atoms with Crippen molar-refractivity contribution < 1.29 is 0 Å². The molecule has 8 nitrogen and oxygen atoms in total. The molecule has 8 heteroatoms. The number of nitrogens with one attached hydrogen (secondary N) is 4. The van der Waals surface area contributed by atoms with Crippen molar-refractivity contribution in [3.63, 3.8) is 0 Å². The predicted molar refractivity (Wildman–Crippen MR) is 153 cm³/mol. The molecule has 0 aliphatic carbocycles. The molecule has 4 N–H and O–H groups in total. The lowest BCUT2D eigenvalue weighted by Gasteiger charge is -2.22. The Labute approximate surface area is 213 Å². The molecule has 0 radical (unpaired) electrons. The van der Waals surface area contributed by atoms with Crippen LogP contribution in [0.25, 0.3) is 0 Å². The van der Waals surface area contributed by atoms with E-state index in [9.17, 15) is 0 Å². The molecule has 0 spiro atoms. The largest absolute Gasteiger partial charge is 0.373 e. The maximum absolute atomic E-state index is 8.68. The van der Waals surface area contributed by atoms with Gasteiger partial charge < -0.3 is 20.4 Å². The van der Waals surface area contributed by atoms with Crippen LogP contribution >= 0.6 is 0 Å². The summed E-state index contributed by atoms with van der Waals surface area (Å²) in [6.07, 6.45) is 0. The number of aliphatic imine (C=N–C) groups is 2. The van der Waals surface area contributed by atoms with Gasteiger partial charge in [-0.2, -0.15) is 0 Å². The Morgan fingerprint density at radius 2 is 0.833 bits per heavy atom. The third kappa shape index (κ3) is 5.60. The highest BCUT2D eigenvalue weighted by Crippen LogP contribution is 2.20. The molecule has 0 bridgehead atoms. The summed E-state index contributed by atoms with van der Waals surface area (Å²) in [4.78, 5) is 12.1. The molecule has 0 fully saturated rings. The lowest BCUT2D eigenvalue weighted by Crippen LogP contribution is -2.28. The maximum atomic E-state index is 8.68. The number of rotatable bonds is 6. The fourth-order valence-corrected chi connectivity index (χ4v) is 3.89. The summed E-state index contributed by atoms with van der Waals surface area (Å²) >= 11 is 0. The highest BCUT2D eigenvalue weighted by molar-refractivity contribution is 6.10. The number of hydrogen-bond acceptors (Lipinski definition) is 4. The topological polar surface area (TPSA) is 103 Å². The van der Waals surface area contributed by atoms with Crippen molar-refractivity contribution in [2.75, 3.05) is 52.1 Å². The lowest BCUT2D eigenvalue weighted by molar-refractivity contribution is 1.15.